The minimum absolute atomic E-state index is 0.0641. The fourth-order valence-corrected chi connectivity index (χ4v) is 2.23. The Labute approximate surface area is 156 Å². The van der Waals surface area contributed by atoms with Crippen molar-refractivity contribution in [3.05, 3.63) is 93.7 Å². The van der Waals surface area contributed by atoms with E-state index in [4.69, 9.17) is 4.74 Å². The van der Waals surface area contributed by atoms with Crippen molar-refractivity contribution < 1.29 is 9.66 Å². The number of anilines is 1. The number of nitrogens with one attached hydrogen (secondary N) is 1. The lowest BCUT2D eigenvalue weighted by atomic mass is 10.2. The number of hydrazone groups is 1. The normalized spacial score (nSPS) is 10.7. The van der Waals surface area contributed by atoms with Gasteiger partial charge in [0.1, 0.15) is 24.4 Å². The SMILES string of the molecule is Cc1ccc(COc2ccc(C=NNc3ccc([N+](=O)[O-])cn3)cc2)cc1. The first-order valence-electron chi connectivity index (χ1n) is 8.28. The Hall–Kier alpha value is -3.74. The van der Waals surface area contributed by atoms with Gasteiger partial charge in [0, 0.05) is 6.07 Å². The highest BCUT2D eigenvalue weighted by Crippen LogP contribution is 2.14. The molecule has 7 nitrogen and oxygen atoms in total. The van der Waals surface area contributed by atoms with E-state index in [9.17, 15) is 10.1 Å². The van der Waals surface area contributed by atoms with Gasteiger partial charge < -0.3 is 4.74 Å². The Balaban J connectivity index is 1.51. The van der Waals surface area contributed by atoms with Gasteiger partial charge in [-0.1, -0.05) is 29.8 Å². The molecule has 1 heterocycles. The van der Waals surface area contributed by atoms with Crippen molar-refractivity contribution >= 4 is 17.7 Å². The Morgan fingerprint density at radius 2 is 1.85 bits per heavy atom. The Kier molecular flexibility index (Phi) is 5.73. The van der Waals surface area contributed by atoms with Crippen molar-refractivity contribution in [3.8, 4) is 5.75 Å². The van der Waals surface area contributed by atoms with Crippen LogP contribution < -0.4 is 10.2 Å². The second-order valence-electron chi connectivity index (χ2n) is 5.87. The minimum atomic E-state index is -0.498. The van der Waals surface area contributed by atoms with E-state index in [-0.39, 0.29) is 5.69 Å². The number of aryl methyl sites for hydroxylation is 1. The fourth-order valence-electron chi connectivity index (χ4n) is 2.23. The van der Waals surface area contributed by atoms with Crippen LogP contribution in [0.3, 0.4) is 0 Å². The number of hydrogen-bond acceptors (Lipinski definition) is 6. The summed E-state index contributed by atoms with van der Waals surface area (Å²) in [5.41, 5.74) is 5.89. The molecule has 0 aliphatic carbocycles. The Bertz CT molecular complexity index is 921. The standard InChI is InChI=1S/C20H18N4O3/c1-15-2-4-17(5-3-15)14-27-19-9-6-16(7-10-19)12-22-23-20-11-8-18(13-21-20)24(25)26/h2-13H,14H2,1H3,(H,21,23). The molecule has 2 aromatic carbocycles. The highest BCUT2D eigenvalue weighted by molar-refractivity contribution is 5.80. The van der Waals surface area contributed by atoms with E-state index in [2.05, 4.69) is 34.6 Å². The molecular weight excluding hydrogens is 344 g/mol. The van der Waals surface area contributed by atoms with Crippen LogP contribution in [-0.4, -0.2) is 16.1 Å². The van der Waals surface area contributed by atoms with Crippen molar-refractivity contribution in [1.29, 1.82) is 0 Å². The Morgan fingerprint density at radius 1 is 1.11 bits per heavy atom. The van der Waals surface area contributed by atoms with Gasteiger partial charge in [-0.15, -0.1) is 0 Å². The monoisotopic (exact) mass is 362 g/mol. The molecule has 0 amide bonds. The molecule has 7 heteroatoms. The zero-order valence-electron chi connectivity index (χ0n) is 14.7. The van der Waals surface area contributed by atoms with E-state index < -0.39 is 4.92 Å². The lowest BCUT2D eigenvalue weighted by molar-refractivity contribution is -0.385. The number of ether oxygens (including phenoxy) is 1. The van der Waals surface area contributed by atoms with Crippen LogP contribution in [0.2, 0.25) is 0 Å². The first-order chi connectivity index (χ1) is 13.1. The predicted octanol–water partition coefficient (Wildman–Crippen LogP) is 4.32. The summed E-state index contributed by atoms with van der Waals surface area (Å²) in [5, 5.41) is 14.7. The molecule has 0 fully saturated rings. The molecule has 136 valence electrons. The molecule has 3 aromatic rings. The van der Waals surface area contributed by atoms with Gasteiger partial charge in [0.2, 0.25) is 0 Å². The molecule has 0 saturated carbocycles. The number of rotatable bonds is 7. The van der Waals surface area contributed by atoms with E-state index in [1.54, 1.807) is 6.21 Å². The van der Waals surface area contributed by atoms with Crippen LogP contribution in [0.25, 0.3) is 0 Å². The summed E-state index contributed by atoms with van der Waals surface area (Å²) < 4.78 is 5.77. The number of hydrogen-bond donors (Lipinski definition) is 1. The highest BCUT2D eigenvalue weighted by Gasteiger charge is 2.04. The van der Waals surface area contributed by atoms with Gasteiger partial charge in [-0.2, -0.15) is 5.10 Å². The zero-order valence-corrected chi connectivity index (χ0v) is 14.7. The number of aromatic nitrogens is 1. The van der Waals surface area contributed by atoms with Crippen molar-refractivity contribution in [1.82, 2.24) is 4.98 Å². The number of pyridine rings is 1. The summed E-state index contributed by atoms with van der Waals surface area (Å²) in [6.45, 7) is 2.57. The number of nitrogens with zero attached hydrogens (tertiary/aromatic N) is 3. The van der Waals surface area contributed by atoms with Crippen LogP contribution >= 0.6 is 0 Å². The average molecular weight is 362 g/mol. The lowest BCUT2D eigenvalue weighted by Gasteiger charge is -2.06. The molecule has 0 aliphatic heterocycles. The molecule has 3 rings (SSSR count). The van der Waals surface area contributed by atoms with Crippen LogP contribution in [-0.2, 0) is 6.61 Å². The molecule has 1 N–H and O–H groups in total. The summed E-state index contributed by atoms with van der Waals surface area (Å²) in [5.74, 6) is 1.20. The van der Waals surface area contributed by atoms with Crippen LogP contribution in [0.5, 0.6) is 5.75 Å². The van der Waals surface area contributed by atoms with E-state index in [0.29, 0.717) is 12.4 Å². The summed E-state index contributed by atoms with van der Waals surface area (Å²) in [4.78, 5) is 14.0. The fraction of sp³-hybridized carbons (Fsp3) is 0.100. The van der Waals surface area contributed by atoms with Crippen LogP contribution in [0.15, 0.2) is 72.0 Å². The summed E-state index contributed by atoms with van der Waals surface area (Å²) in [6, 6.07) is 18.6. The predicted molar refractivity (Wildman–Crippen MR) is 104 cm³/mol. The van der Waals surface area contributed by atoms with Gasteiger partial charge >= 0.3 is 0 Å². The van der Waals surface area contributed by atoms with Gasteiger partial charge in [-0.25, -0.2) is 4.98 Å². The third kappa shape index (κ3) is 5.37. The molecular formula is C20H18N4O3. The smallest absolute Gasteiger partial charge is 0.287 e. The molecule has 27 heavy (non-hydrogen) atoms. The summed E-state index contributed by atoms with van der Waals surface area (Å²) in [7, 11) is 0. The first-order valence-corrected chi connectivity index (χ1v) is 8.28. The molecule has 0 radical (unpaired) electrons. The van der Waals surface area contributed by atoms with Crippen molar-refractivity contribution in [2.75, 3.05) is 5.43 Å². The quantitative estimate of drug-likeness (QED) is 0.384. The number of benzene rings is 2. The highest BCUT2D eigenvalue weighted by atomic mass is 16.6. The molecule has 0 aliphatic rings. The van der Waals surface area contributed by atoms with Crippen molar-refractivity contribution in [2.45, 2.75) is 13.5 Å². The van der Waals surface area contributed by atoms with Crippen molar-refractivity contribution in [3.63, 3.8) is 0 Å². The second kappa shape index (κ2) is 8.57. The molecule has 0 saturated heterocycles. The maximum absolute atomic E-state index is 10.6. The van der Waals surface area contributed by atoms with E-state index >= 15 is 0 Å². The van der Waals surface area contributed by atoms with Crippen LogP contribution in [0, 0.1) is 17.0 Å². The third-order valence-corrected chi connectivity index (χ3v) is 3.76. The van der Waals surface area contributed by atoms with Crippen LogP contribution in [0.4, 0.5) is 11.5 Å². The van der Waals surface area contributed by atoms with Gasteiger partial charge in [0.05, 0.1) is 11.1 Å². The van der Waals surface area contributed by atoms with Gasteiger partial charge in [0.15, 0.2) is 0 Å². The molecule has 1 aromatic heterocycles. The maximum Gasteiger partial charge on any atom is 0.287 e. The molecule has 0 spiro atoms. The Morgan fingerprint density at radius 3 is 2.48 bits per heavy atom. The van der Waals surface area contributed by atoms with Crippen LogP contribution in [0.1, 0.15) is 16.7 Å². The minimum Gasteiger partial charge on any atom is -0.489 e. The second-order valence-corrected chi connectivity index (χ2v) is 5.87. The molecule has 0 bridgehead atoms. The molecule has 0 atom stereocenters. The summed E-state index contributed by atoms with van der Waals surface area (Å²) in [6.07, 6.45) is 2.81. The molecule has 0 unspecified atom stereocenters. The summed E-state index contributed by atoms with van der Waals surface area (Å²) >= 11 is 0. The first kappa shape index (κ1) is 18.1. The third-order valence-electron chi connectivity index (χ3n) is 3.76. The largest absolute Gasteiger partial charge is 0.489 e. The topological polar surface area (TPSA) is 89.6 Å². The van der Waals surface area contributed by atoms with Gasteiger partial charge in [-0.05, 0) is 48.4 Å². The maximum atomic E-state index is 10.6. The average Bonchev–Trinajstić information content (AvgIpc) is 2.69. The van der Waals surface area contributed by atoms with E-state index in [0.717, 1.165) is 16.9 Å². The van der Waals surface area contributed by atoms with E-state index in [1.165, 1.54) is 23.9 Å². The van der Waals surface area contributed by atoms with Gasteiger partial charge in [-0.3, -0.25) is 15.5 Å². The lowest BCUT2D eigenvalue weighted by Crippen LogP contribution is -1.96. The number of nitro groups is 1. The van der Waals surface area contributed by atoms with E-state index in [1.807, 2.05) is 36.4 Å². The van der Waals surface area contributed by atoms with Crippen molar-refractivity contribution in [2.24, 2.45) is 5.10 Å². The zero-order chi connectivity index (χ0) is 19.1. The van der Waals surface area contributed by atoms with Gasteiger partial charge in [0.25, 0.3) is 5.69 Å².